The van der Waals surface area contributed by atoms with Gasteiger partial charge >= 0.3 is 5.97 Å². The lowest BCUT2D eigenvalue weighted by atomic mass is 10.0. The molecule has 0 aliphatic carbocycles. The standard InChI is InChI=1S/C14H19NO3/c1-4-11-7-6-8-12(5-2)13(11)15(9-16)10(3)14(17)18/h6-10H,4-5H2,1-3H3,(H,17,18). The molecule has 1 rings (SSSR count). The summed E-state index contributed by atoms with van der Waals surface area (Å²) in [5.74, 6) is -1.00. The van der Waals surface area contributed by atoms with Crippen LogP contribution in [0.1, 0.15) is 31.9 Å². The van der Waals surface area contributed by atoms with E-state index in [1.165, 1.54) is 11.8 Å². The van der Waals surface area contributed by atoms with E-state index in [0.717, 1.165) is 29.7 Å². The van der Waals surface area contributed by atoms with Crippen LogP contribution in [0.4, 0.5) is 5.69 Å². The topological polar surface area (TPSA) is 57.6 Å². The maximum atomic E-state index is 11.3. The lowest BCUT2D eigenvalue weighted by Crippen LogP contribution is -2.39. The Morgan fingerprint density at radius 3 is 2.17 bits per heavy atom. The van der Waals surface area contributed by atoms with Crippen molar-refractivity contribution in [1.29, 1.82) is 0 Å². The predicted octanol–water partition coefficient (Wildman–Crippen LogP) is 2.25. The highest BCUT2D eigenvalue weighted by Gasteiger charge is 2.24. The van der Waals surface area contributed by atoms with Crippen molar-refractivity contribution in [2.75, 3.05) is 4.90 Å². The van der Waals surface area contributed by atoms with Crippen LogP contribution in [0.5, 0.6) is 0 Å². The molecule has 18 heavy (non-hydrogen) atoms. The first-order valence-electron chi connectivity index (χ1n) is 6.13. The Labute approximate surface area is 107 Å². The summed E-state index contributed by atoms with van der Waals surface area (Å²) in [7, 11) is 0. The van der Waals surface area contributed by atoms with Gasteiger partial charge < -0.3 is 10.0 Å². The van der Waals surface area contributed by atoms with Gasteiger partial charge in [-0.1, -0.05) is 32.0 Å². The molecule has 0 heterocycles. The highest BCUT2D eigenvalue weighted by molar-refractivity contribution is 5.89. The van der Waals surface area contributed by atoms with Crippen LogP contribution in [0.3, 0.4) is 0 Å². The summed E-state index contributed by atoms with van der Waals surface area (Å²) in [4.78, 5) is 23.6. The molecule has 0 bridgehead atoms. The van der Waals surface area contributed by atoms with Gasteiger partial charge in [0.2, 0.25) is 6.41 Å². The molecule has 0 aliphatic heterocycles. The lowest BCUT2D eigenvalue weighted by molar-refractivity contribution is -0.138. The number of carboxylic acid groups (broad SMARTS) is 1. The summed E-state index contributed by atoms with van der Waals surface area (Å²) in [6, 6.07) is 4.94. The van der Waals surface area contributed by atoms with Gasteiger partial charge in [0, 0.05) is 0 Å². The largest absolute Gasteiger partial charge is 0.480 e. The number of para-hydroxylation sites is 1. The smallest absolute Gasteiger partial charge is 0.326 e. The molecule has 0 radical (unpaired) electrons. The summed E-state index contributed by atoms with van der Waals surface area (Å²) < 4.78 is 0. The number of amides is 1. The summed E-state index contributed by atoms with van der Waals surface area (Å²) >= 11 is 0. The number of aliphatic carboxylic acids is 1. The molecule has 4 nitrogen and oxygen atoms in total. The van der Waals surface area contributed by atoms with Crippen molar-refractivity contribution < 1.29 is 14.7 Å². The molecule has 0 aliphatic rings. The number of hydrogen-bond donors (Lipinski definition) is 1. The van der Waals surface area contributed by atoms with Crippen molar-refractivity contribution in [3.8, 4) is 0 Å². The normalized spacial score (nSPS) is 11.9. The van der Waals surface area contributed by atoms with E-state index >= 15 is 0 Å². The first-order chi connectivity index (χ1) is 8.56. The van der Waals surface area contributed by atoms with Gasteiger partial charge in [0.1, 0.15) is 6.04 Å². The molecule has 4 heteroatoms. The van der Waals surface area contributed by atoms with Crippen molar-refractivity contribution >= 4 is 18.1 Å². The number of rotatable bonds is 6. The molecule has 1 N–H and O–H groups in total. The monoisotopic (exact) mass is 249 g/mol. The molecule has 0 saturated heterocycles. The van der Waals surface area contributed by atoms with Crippen LogP contribution in [0.25, 0.3) is 0 Å². The Hall–Kier alpha value is -1.84. The van der Waals surface area contributed by atoms with Gasteiger partial charge in [-0.05, 0) is 30.9 Å². The first kappa shape index (κ1) is 14.2. The maximum absolute atomic E-state index is 11.3. The van der Waals surface area contributed by atoms with Crippen LogP contribution in [0.2, 0.25) is 0 Å². The molecule has 98 valence electrons. The molecule has 0 saturated carbocycles. The van der Waals surface area contributed by atoms with Crippen molar-refractivity contribution in [2.24, 2.45) is 0 Å². The van der Waals surface area contributed by atoms with Crippen LogP contribution in [-0.4, -0.2) is 23.5 Å². The quantitative estimate of drug-likeness (QED) is 0.787. The fourth-order valence-corrected chi connectivity index (χ4v) is 2.00. The lowest BCUT2D eigenvalue weighted by Gasteiger charge is -2.26. The number of aryl methyl sites for hydroxylation is 2. The van der Waals surface area contributed by atoms with Crippen molar-refractivity contribution in [1.82, 2.24) is 0 Å². The number of hydrogen-bond acceptors (Lipinski definition) is 2. The number of carbonyl (C=O) groups excluding carboxylic acids is 1. The second-order valence-corrected chi connectivity index (χ2v) is 4.16. The third kappa shape index (κ3) is 2.70. The van der Waals surface area contributed by atoms with E-state index in [1.54, 1.807) is 0 Å². The number of benzene rings is 1. The van der Waals surface area contributed by atoms with E-state index < -0.39 is 12.0 Å². The Morgan fingerprint density at radius 2 is 1.83 bits per heavy atom. The highest BCUT2D eigenvalue weighted by Crippen LogP contribution is 2.27. The van der Waals surface area contributed by atoms with Crippen molar-refractivity contribution in [3.05, 3.63) is 29.3 Å². The fraction of sp³-hybridized carbons (Fsp3) is 0.429. The van der Waals surface area contributed by atoms with Gasteiger partial charge in [-0.25, -0.2) is 4.79 Å². The highest BCUT2D eigenvalue weighted by atomic mass is 16.4. The van der Waals surface area contributed by atoms with Gasteiger partial charge in [-0.15, -0.1) is 0 Å². The van der Waals surface area contributed by atoms with Gasteiger partial charge in [0.15, 0.2) is 0 Å². The number of anilines is 1. The molecule has 1 aromatic carbocycles. The van der Waals surface area contributed by atoms with Crippen molar-refractivity contribution in [3.63, 3.8) is 0 Å². The zero-order chi connectivity index (χ0) is 13.7. The minimum atomic E-state index is -1.00. The van der Waals surface area contributed by atoms with Crippen LogP contribution < -0.4 is 4.90 Å². The molecule has 0 aromatic heterocycles. The zero-order valence-electron chi connectivity index (χ0n) is 11.0. The molecule has 1 atom stereocenters. The van der Waals surface area contributed by atoms with Gasteiger partial charge in [0.05, 0.1) is 5.69 Å². The van der Waals surface area contributed by atoms with E-state index in [4.69, 9.17) is 5.11 Å². The van der Waals surface area contributed by atoms with E-state index in [0.29, 0.717) is 6.41 Å². The Balaban J connectivity index is 3.35. The Morgan fingerprint density at radius 1 is 1.33 bits per heavy atom. The fourth-order valence-electron chi connectivity index (χ4n) is 2.00. The summed E-state index contributed by atoms with van der Waals surface area (Å²) in [6.07, 6.45) is 2.13. The number of carboxylic acids is 1. The first-order valence-corrected chi connectivity index (χ1v) is 6.13. The summed E-state index contributed by atoms with van der Waals surface area (Å²) in [6.45, 7) is 5.50. The maximum Gasteiger partial charge on any atom is 0.326 e. The third-order valence-corrected chi connectivity index (χ3v) is 3.11. The Bertz CT molecular complexity index is 420. The minimum absolute atomic E-state index is 0.604. The average molecular weight is 249 g/mol. The molecule has 1 unspecified atom stereocenters. The third-order valence-electron chi connectivity index (χ3n) is 3.11. The second kappa shape index (κ2) is 6.19. The van der Waals surface area contributed by atoms with Crippen molar-refractivity contribution in [2.45, 2.75) is 39.7 Å². The number of nitrogens with zero attached hydrogens (tertiary/aromatic N) is 1. The predicted molar refractivity (Wildman–Crippen MR) is 70.8 cm³/mol. The molecule has 1 amide bonds. The number of carbonyl (C=O) groups is 2. The van der Waals surface area contributed by atoms with Crippen LogP contribution in [-0.2, 0) is 22.4 Å². The minimum Gasteiger partial charge on any atom is -0.480 e. The van der Waals surface area contributed by atoms with E-state index in [9.17, 15) is 9.59 Å². The van der Waals surface area contributed by atoms with Gasteiger partial charge in [-0.2, -0.15) is 0 Å². The van der Waals surface area contributed by atoms with E-state index in [2.05, 4.69) is 0 Å². The SMILES string of the molecule is CCc1cccc(CC)c1N(C=O)C(C)C(=O)O. The van der Waals surface area contributed by atoms with E-state index in [1.807, 2.05) is 32.0 Å². The average Bonchev–Trinajstić information content (AvgIpc) is 2.39. The zero-order valence-corrected chi connectivity index (χ0v) is 11.0. The molecule has 1 aromatic rings. The molecule has 0 fully saturated rings. The van der Waals surface area contributed by atoms with Crippen LogP contribution >= 0.6 is 0 Å². The van der Waals surface area contributed by atoms with Gasteiger partial charge in [0.25, 0.3) is 0 Å². The van der Waals surface area contributed by atoms with E-state index in [-0.39, 0.29) is 0 Å². The second-order valence-electron chi connectivity index (χ2n) is 4.16. The molecular formula is C14H19NO3. The van der Waals surface area contributed by atoms with Gasteiger partial charge in [-0.3, -0.25) is 4.79 Å². The molecule has 0 spiro atoms. The Kier molecular flexibility index (Phi) is 4.89. The van der Waals surface area contributed by atoms with Crippen LogP contribution in [0, 0.1) is 0 Å². The van der Waals surface area contributed by atoms with Crippen LogP contribution in [0.15, 0.2) is 18.2 Å². The summed E-state index contributed by atoms with van der Waals surface area (Å²) in [5, 5.41) is 9.07. The molecular weight excluding hydrogens is 230 g/mol. The summed E-state index contributed by atoms with van der Waals surface area (Å²) in [5.41, 5.74) is 2.73.